The van der Waals surface area contributed by atoms with Crippen molar-refractivity contribution in [1.29, 1.82) is 0 Å². The molecule has 3 aromatic rings. The third-order valence-corrected chi connectivity index (χ3v) is 5.80. The molecule has 0 radical (unpaired) electrons. The molecule has 2 aliphatic rings. The molecule has 2 aromatic carbocycles. The van der Waals surface area contributed by atoms with Crippen LogP contribution in [0, 0.1) is 18.6 Å². The number of rotatable bonds is 5. The first-order valence-electron chi connectivity index (χ1n) is 10.4. The maximum atomic E-state index is 15.4. The van der Waals surface area contributed by atoms with E-state index in [1.165, 1.54) is 23.1 Å². The lowest BCUT2D eigenvalue weighted by Crippen LogP contribution is -2.56. The van der Waals surface area contributed by atoms with Crippen LogP contribution in [0.25, 0.3) is 5.69 Å². The number of benzene rings is 2. The van der Waals surface area contributed by atoms with Gasteiger partial charge < -0.3 is 15.0 Å². The molecule has 3 heterocycles. The summed E-state index contributed by atoms with van der Waals surface area (Å²) in [6.07, 6.45) is 1.47. The van der Waals surface area contributed by atoms with Gasteiger partial charge in [-0.1, -0.05) is 6.07 Å². The first kappa shape index (κ1) is 19.9. The van der Waals surface area contributed by atoms with Gasteiger partial charge in [-0.3, -0.25) is 4.90 Å². The number of hydrogen-bond acceptors (Lipinski definition) is 6. The van der Waals surface area contributed by atoms with E-state index in [0.717, 1.165) is 45.0 Å². The van der Waals surface area contributed by atoms with E-state index in [2.05, 4.69) is 25.2 Å². The maximum Gasteiger partial charge on any atom is 0.247 e. The lowest BCUT2D eigenvalue weighted by atomic mass is 10.1. The number of nitrogens with zero attached hydrogens (tertiary/aromatic N) is 5. The predicted octanol–water partition coefficient (Wildman–Crippen LogP) is 3.12. The number of nitrogens with one attached hydrogen (secondary N) is 1. The first-order chi connectivity index (χ1) is 15.1. The van der Waals surface area contributed by atoms with Gasteiger partial charge in [-0.05, 0) is 42.8 Å². The Morgan fingerprint density at radius 1 is 1.06 bits per heavy atom. The van der Waals surface area contributed by atoms with Crippen molar-refractivity contribution in [3.63, 3.8) is 0 Å². The molecular weight excluding hydrogens is 402 g/mol. The number of aryl methyl sites for hydroxylation is 1. The van der Waals surface area contributed by atoms with Crippen molar-refractivity contribution >= 4 is 17.3 Å². The van der Waals surface area contributed by atoms with Gasteiger partial charge in [0.1, 0.15) is 12.1 Å². The molecule has 5 rings (SSSR count). The second-order valence-electron chi connectivity index (χ2n) is 7.98. The minimum absolute atomic E-state index is 0.245. The van der Waals surface area contributed by atoms with Gasteiger partial charge >= 0.3 is 0 Å². The highest BCUT2D eigenvalue weighted by Gasteiger charge is 2.30. The number of aromatic nitrogens is 3. The smallest absolute Gasteiger partial charge is 0.247 e. The summed E-state index contributed by atoms with van der Waals surface area (Å²) in [6.45, 7) is 6.85. The highest BCUT2D eigenvalue weighted by molar-refractivity contribution is 5.65. The third-order valence-electron chi connectivity index (χ3n) is 5.80. The van der Waals surface area contributed by atoms with Crippen LogP contribution in [0.3, 0.4) is 0 Å². The van der Waals surface area contributed by atoms with Crippen LogP contribution in [0.5, 0.6) is 0 Å². The Bertz CT molecular complexity index is 1080. The molecule has 0 aliphatic carbocycles. The Kier molecular flexibility index (Phi) is 5.29. The summed E-state index contributed by atoms with van der Waals surface area (Å²) in [7, 11) is 0. The Morgan fingerprint density at radius 2 is 1.87 bits per heavy atom. The Morgan fingerprint density at radius 3 is 2.58 bits per heavy atom. The Balaban J connectivity index is 1.33. The molecule has 2 fully saturated rings. The molecule has 0 unspecified atom stereocenters. The van der Waals surface area contributed by atoms with Crippen molar-refractivity contribution in [3.8, 4) is 5.69 Å². The zero-order chi connectivity index (χ0) is 21.4. The van der Waals surface area contributed by atoms with Crippen LogP contribution in [-0.2, 0) is 4.74 Å². The monoisotopic (exact) mass is 426 g/mol. The standard InChI is InChI=1S/C22H24F2N6O/c1-15-9-19(26-22-25-14-30(27-22)17-4-2-3-16(23)11-17)21(24)20(10-15)29-7-5-28(6-8-29)18-12-31-13-18/h2-4,9-11,14,18H,5-8,12-13H2,1H3,(H,26,27). The van der Waals surface area contributed by atoms with Crippen LogP contribution in [0.15, 0.2) is 42.7 Å². The molecule has 0 saturated carbocycles. The van der Waals surface area contributed by atoms with Gasteiger partial charge in [0.25, 0.3) is 0 Å². The SMILES string of the molecule is Cc1cc(Nc2ncn(-c3cccc(F)c3)n2)c(F)c(N2CCN(C3COC3)CC2)c1. The molecule has 2 aliphatic heterocycles. The molecular formula is C22H24F2N6O. The van der Waals surface area contributed by atoms with Gasteiger partial charge in [-0.2, -0.15) is 4.98 Å². The van der Waals surface area contributed by atoms with Gasteiger partial charge in [0.15, 0.2) is 5.82 Å². The molecule has 162 valence electrons. The summed E-state index contributed by atoms with van der Waals surface area (Å²) in [5.74, 6) is -0.440. The van der Waals surface area contributed by atoms with E-state index in [4.69, 9.17) is 4.74 Å². The van der Waals surface area contributed by atoms with Crippen LogP contribution in [0.1, 0.15) is 5.56 Å². The van der Waals surface area contributed by atoms with Crippen molar-refractivity contribution in [2.45, 2.75) is 13.0 Å². The molecule has 0 atom stereocenters. The zero-order valence-corrected chi connectivity index (χ0v) is 17.3. The van der Waals surface area contributed by atoms with E-state index in [-0.39, 0.29) is 17.6 Å². The lowest BCUT2D eigenvalue weighted by Gasteiger charge is -2.43. The van der Waals surface area contributed by atoms with Gasteiger partial charge in [0, 0.05) is 26.2 Å². The molecule has 9 heteroatoms. The second-order valence-corrected chi connectivity index (χ2v) is 7.98. The highest BCUT2D eigenvalue weighted by Crippen LogP contribution is 2.30. The van der Waals surface area contributed by atoms with E-state index in [1.807, 2.05) is 13.0 Å². The van der Waals surface area contributed by atoms with Crippen molar-refractivity contribution < 1.29 is 13.5 Å². The molecule has 0 bridgehead atoms. The number of piperazine rings is 1. The maximum absolute atomic E-state index is 15.4. The van der Waals surface area contributed by atoms with Gasteiger partial charge in [-0.25, -0.2) is 13.5 Å². The Hall–Kier alpha value is -3.04. The average Bonchev–Trinajstić information content (AvgIpc) is 3.18. The summed E-state index contributed by atoms with van der Waals surface area (Å²) in [4.78, 5) is 8.69. The minimum Gasteiger partial charge on any atom is -0.378 e. The van der Waals surface area contributed by atoms with Crippen molar-refractivity contribution in [2.75, 3.05) is 49.6 Å². The van der Waals surface area contributed by atoms with E-state index in [1.54, 1.807) is 18.2 Å². The fourth-order valence-electron chi connectivity index (χ4n) is 4.02. The van der Waals surface area contributed by atoms with Gasteiger partial charge in [0.05, 0.1) is 36.3 Å². The van der Waals surface area contributed by atoms with Crippen LogP contribution < -0.4 is 10.2 Å². The zero-order valence-electron chi connectivity index (χ0n) is 17.3. The number of halogens is 2. The lowest BCUT2D eigenvalue weighted by molar-refractivity contribution is -0.0660. The topological polar surface area (TPSA) is 58.5 Å². The summed E-state index contributed by atoms with van der Waals surface area (Å²) in [6, 6.07) is 10.2. The van der Waals surface area contributed by atoms with Crippen molar-refractivity contribution in [2.24, 2.45) is 0 Å². The van der Waals surface area contributed by atoms with E-state index in [0.29, 0.717) is 23.1 Å². The largest absolute Gasteiger partial charge is 0.378 e. The van der Waals surface area contributed by atoms with Crippen LogP contribution >= 0.6 is 0 Å². The quantitative estimate of drug-likeness (QED) is 0.677. The van der Waals surface area contributed by atoms with Gasteiger partial charge in [-0.15, -0.1) is 5.10 Å². The van der Waals surface area contributed by atoms with E-state index >= 15 is 4.39 Å². The molecule has 0 spiro atoms. The van der Waals surface area contributed by atoms with E-state index < -0.39 is 0 Å². The molecule has 2 saturated heterocycles. The summed E-state index contributed by atoms with van der Waals surface area (Å²) < 4.78 is 35.6. The highest BCUT2D eigenvalue weighted by atomic mass is 19.1. The molecule has 7 nitrogen and oxygen atoms in total. The normalized spacial score (nSPS) is 17.6. The minimum atomic E-state index is -0.359. The molecule has 1 N–H and O–H groups in total. The number of anilines is 3. The molecule has 31 heavy (non-hydrogen) atoms. The van der Waals surface area contributed by atoms with Crippen LogP contribution in [0.2, 0.25) is 0 Å². The summed E-state index contributed by atoms with van der Waals surface area (Å²) in [5.41, 5.74) is 2.39. The fraction of sp³-hybridized carbons (Fsp3) is 0.364. The van der Waals surface area contributed by atoms with Gasteiger partial charge in [0.2, 0.25) is 5.95 Å². The molecule has 0 amide bonds. The van der Waals surface area contributed by atoms with Crippen molar-refractivity contribution in [3.05, 3.63) is 59.9 Å². The third kappa shape index (κ3) is 4.11. The fourth-order valence-corrected chi connectivity index (χ4v) is 4.02. The summed E-state index contributed by atoms with van der Waals surface area (Å²) >= 11 is 0. The second kappa shape index (κ2) is 8.24. The average molecular weight is 426 g/mol. The summed E-state index contributed by atoms with van der Waals surface area (Å²) in [5, 5.41) is 7.28. The number of ether oxygens (including phenoxy) is 1. The first-order valence-corrected chi connectivity index (χ1v) is 10.4. The predicted molar refractivity (Wildman–Crippen MR) is 114 cm³/mol. The molecule has 1 aromatic heterocycles. The number of hydrogen-bond donors (Lipinski definition) is 1. The van der Waals surface area contributed by atoms with Crippen LogP contribution in [-0.4, -0.2) is 65.1 Å². The van der Waals surface area contributed by atoms with E-state index in [9.17, 15) is 4.39 Å². The Labute approximate surface area is 179 Å². The van der Waals surface area contributed by atoms with Crippen LogP contribution in [0.4, 0.5) is 26.1 Å². The van der Waals surface area contributed by atoms with Crippen molar-refractivity contribution in [1.82, 2.24) is 19.7 Å².